The summed E-state index contributed by atoms with van der Waals surface area (Å²) in [6.45, 7) is -1.21. The van der Waals surface area contributed by atoms with E-state index in [4.69, 9.17) is 9.52 Å². The molecule has 1 atom stereocenters. The van der Waals surface area contributed by atoms with E-state index in [0.717, 1.165) is 6.07 Å². The van der Waals surface area contributed by atoms with Crippen LogP contribution in [-0.4, -0.2) is 52.1 Å². The number of aromatic nitrogens is 1. The lowest BCUT2D eigenvalue weighted by atomic mass is 10.3. The van der Waals surface area contributed by atoms with E-state index in [1.165, 1.54) is 17.0 Å². The van der Waals surface area contributed by atoms with E-state index >= 15 is 0 Å². The molecule has 0 aliphatic heterocycles. The van der Waals surface area contributed by atoms with Gasteiger partial charge in [0, 0.05) is 19.2 Å². The van der Waals surface area contributed by atoms with Gasteiger partial charge in [0.2, 0.25) is 5.89 Å². The first-order valence-electron chi connectivity index (χ1n) is 6.90. The van der Waals surface area contributed by atoms with Gasteiger partial charge in [-0.1, -0.05) is 0 Å². The number of aliphatic hydroxyl groups is 2. The van der Waals surface area contributed by atoms with Crippen LogP contribution in [0.25, 0.3) is 11.1 Å². The fourth-order valence-corrected chi connectivity index (χ4v) is 2.08. The first-order chi connectivity index (χ1) is 10.8. The van der Waals surface area contributed by atoms with Gasteiger partial charge in [-0.2, -0.15) is 13.2 Å². The molecule has 2 rings (SSSR count). The van der Waals surface area contributed by atoms with E-state index in [1.54, 1.807) is 0 Å². The predicted octanol–water partition coefficient (Wildman–Crippen LogP) is 2.07. The molecule has 0 saturated heterocycles. The molecule has 0 aliphatic rings. The minimum atomic E-state index is -4.34. The fourth-order valence-electron chi connectivity index (χ4n) is 2.08. The van der Waals surface area contributed by atoms with Gasteiger partial charge in [0.15, 0.2) is 5.58 Å². The first-order valence-corrected chi connectivity index (χ1v) is 6.90. The highest BCUT2D eigenvalue weighted by Gasteiger charge is 2.28. The lowest BCUT2D eigenvalue weighted by Gasteiger charge is -2.23. The van der Waals surface area contributed by atoms with E-state index < -0.39 is 31.1 Å². The molecule has 0 unspecified atom stereocenters. The van der Waals surface area contributed by atoms with E-state index in [0.29, 0.717) is 5.52 Å². The average molecular weight is 336 g/mol. The summed E-state index contributed by atoms with van der Waals surface area (Å²) in [7, 11) is 0. The van der Waals surface area contributed by atoms with Gasteiger partial charge in [0.05, 0.1) is 25.7 Å². The first kappa shape index (κ1) is 17.6. The Balaban J connectivity index is 2.10. The van der Waals surface area contributed by atoms with Crippen molar-refractivity contribution in [2.75, 3.05) is 19.7 Å². The van der Waals surface area contributed by atoms with E-state index in [1.807, 2.05) is 0 Å². The SMILES string of the molecule is OC[C@@H](O)CN(CCC(F)(F)F)Cc1nc2ccc(F)cc2o1. The average Bonchev–Trinajstić information content (AvgIpc) is 2.85. The van der Waals surface area contributed by atoms with Crippen LogP contribution in [0.3, 0.4) is 0 Å². The van der Waals surface area contributed by atoms with Gasteiger partial charge in [0.25, 0.3) is 0 Å². The Kier molecular flexibility index (Phi) is 5.55. The fraction of sp³-hybridized carbons (Fsp3) is 0.500. The zero-order valence-corrected chi connectivity index (χ0v) is 12.1. The molecule has 1 aromatic heterocycles. The third-order valence-corrected chi connectivity index (χ3v) is 3.14. The minimum Gasteiger partial charge on any atom is -0.439 e. The highest BCUT2D eigenvalue weighted by molar-refractivity contribution is 5.72. The molecule has 0 bridgehead atoms. The summed E-state index contributed by atoms with van der Waals surface area (Å²) in [4.78, 5) is 5.34. The van der Waals surface area contributed by atoms with Crippen molar-refractivity contribution in [3.8, 4) is 0 Å². The summed E-state index contributed by atoms with van der Waals surface area (Å²) in [6, 6.07) is 3.74. The van der Waals surface area contributed by atoms with Crippen LogP contribution < -0.4 is 0 Å². The predicted molar refractivity (Wildman–Crippen MR) is 73.0 cm³/mol. The molecule has 23 heavy (non-hydrogen) atoms. The Morgan fingerprint density at radius 3 is 2.70 bits per heavy atom. The lowest BCUT2D eigenvalue weighted by Crippen LogP contribution is -2.36. The van der Waals surface area contributed by atoms with Crippen molar-refractivity contribution < 1.29 is 32.2 Å². The van der Waals surface area contributed by atoms with E-state index in [-0.39, 0.29) is 31.1 Å². The summed E-state index contributed by atoms with van der Waals surface area (Å²) in [5.41, 5.74) is 0.582. The summed E-state index contributed by atoms with van der Waals surface area (Å²) in [6.07, 6.45) is -6.59. The number of alkyl halides is 3. The highest BCUT2D eigenvalue weighted by Crippen LogP contribution is 2.22. The maximum absolute atomic E-state index is 13.1. The Morgan fingerprint density at radius 2 is 2.04 bits per heavy atom. The van der Waals surface area contributed by atoms with Gasteiger partial charge in [-0.25, -0.2) is 9.37 Å². The molecule has 1 heterocycles. The van der Waals surface area contributed by atoms with Gasteiger partial charge >= 0.3 is 6.18 Å². The van der Waals surface area contributed by atoms with Crippen LogP contribution in [-0.2, 0) is 6.54 Å². The van der Waals surface area contributed by atoms with Gasteiger partial charge in [-0.3, -0.25) is 4.90 Å². The largest absolute Gasteiger partial charge is 0.439 e. The molecule has 0 amide bonds. The van der Waals surface area contributed by atoms with Crippen molar-refractivity contribution in [2.24, 2.45) is 0 Å². The Bertz CT molecular complexity index is 644. The van der Waals surface area contributed by atoms with Gasteiger partial charge in [-0.05, 0) is 12.1 Å². The summed E-state index contributed by atoms with van der Waals surface area (Å²) in [5.74, 6) is -0.400. The van der Waals surface area contributed by atoms with Crippen LogP contribution in [0.2, 0.25) is 0 Å². The van der Waals surface area contributed by atoms with Crippen molar-refractivity contribution in [1.82, 2.24) is 9.88 Å². The maximum Gasteiger partial charge on any atom is 0.390 e. The Hall–Kier alpha value is -1.71. The number of fused-ring (bicyclic) bond motifs is 1. The molecular weight excluding hydrogens is 320 g/mol. The number of nitrogens with zero attached hydrogens (tertiary/aromatic N) is 2. The number of oxazole rings is 1. The van der Waals surface area contributed by atoms with Crippen molar-refractivity contribution in [2.45, 2.75) is 25.2 Å². The van der Waals surface area contributed by atoms with Crippen LogP contribution in [0.4, 0.5) is 17.6 Å². The molecule has 1 aromatic carbocycles. The highest BCUT2D eigenvalue weighted by atomic mass is 19.4. The lowest BCUT2D eigenvalue weighted by molar-refractivity contribution is -0.139. The topological polar surface area (TPSA) is 69.7 Å². The number of aliphatic hydroxyl groups excluding tert-OH is 2. The van der Waals surface area contributed by atoms with Crippen molar-refractivity contribution in [1.29, 1.82) is 0 Å². The summed E-state index contributed by atoms with van der Waals surface area (Å²) in [5, 5.41) is 18.3. The van der Waals surface area contributed by atoms with Crippen molar-refractivity contribution in [3.05, 3.63) is 29.9 Å². The normalized spacial score (nSPS) is 13.9. The molecule has 2 N–H and O–H groups in total. The Morgan fingerprint density at radius 1 is 1.30 bits per heavy atom. The molecule has 0 saturated carbocycles. The van der Waals surface area contributed by atoms with E-state index in [2.05, 4.69) is 4.98 Å². The molecule has 5 nitrogen and oxygen atoms in total. The minimum absolute atomic E-state index is 0.0938. The second-order valence-electron chi connectivity index (χ2n) is 5.16. The molecule has 9 heteroatoms. The third-order valence-electron chi connectivity index (χ3n) is 3.14. The molecule has 0 spiro atoms. The Labute approximate surface area is 129 Å². The molecule has 2 aromatic rings. The number of hydrogen-bond acceptors (Lipinski definition) is 5. The van der Waals surface area contributed by atoms with Crippen LogP contribution >= 0.6 is 0 Å². The van der Waals surface area contributed by atoms with Gasteiger partial charge in [0.1, 0.15) is 11.3 Å². The van der Waals surface area contributed by atoms with Crippen LogP contribution in [0, 0.1) is 5.82 Å². The number of halogens is 4. The second-order valence-corrected chi connectivity index (χ2v) is 5.16. The molecule has 0 radical (unpaired) electrons. The standard InChI is InChI=1S/C14H16F4N2O3/c15-9-1-2-11-12(5-9)23-13(19-11)7-20(6-10(22)8-21)4-3-14(16,17)18/h1-2,5,10,21-22H,3-4,6-8H2/t10-/m0/s1. The van der Waals surface area contributed by atoms with Gasteiger partial charge in [-0.15, -0.1) is 0 Å². The quantitative estimate of drug-likeness (QED) is 0.758. The summed E-state index contributed by atoms with van der Waals surface area (Å²) >= 11 is 0. The van der Waals surface area contributed by atoms with Crippen molar-refractivity contribution >= 4 is 11.1 Å². The zero-order valence-electron chi connectivity index (χ0n) is 12.1. The van der Waals surface area contributed by atoms with Crippen molar-refractivity contribution in [3.63, 3.8) is 0 Å². The summed E-state index contributed by atoms with van der Waals surface area (Å²) < 4.78 is 55.5. The molecule has 0 fully saturated rings. The maximum atomic E-state index is 13.1. The second kappa shape index (κ2) is 7.24. The van der Waals surface area contributed by atoms with E-state index in [9.17, 15) is 22.7 Å². The molecular formula is C14H16F4N2O3. The number of rotatable bonds is 7. The smallest absolute Gasteiger partial charge is 0.390 e. The van der Waals surface area contributed by atoms with Gasteiger partial charge < -0.3 is 14.6 Å². The van der Waals surface area contributed by atoms with Crippen LogP contribution in [0.5, 0.6) is 0 Å². The van der Waals surface area contributed by atoms with Crippen LogP contribution in [0.1, 0.15) is 12.3 Å². The number of benzene rings is 1. The number of hydrogen-bond donors (Lipinski definition) is 2. The van der Waals surface area contributed by atoms with Crippen LogP contribution in [0.15, 0.2) is 22.6 Å². The third kappa shape index (κ3) is 5.45. The molecule has 0 aliphatic carbocycles. The molecule has 128 valence electrons. The monoisotopic (exact) mass is 336 g/mol. The zero-order chi connectivity index (χ0) is 17.0.